The van der Waals surface area contributed by atoms with Gasteiger partial charge in [-0.1, -0.05) is 6.08 Å². The van der Waals surface area contributed by atoms with Crippen LogP contribution in [0.25, 0.3) is 0 Å². The molecule has 5 nitrogen and oxygen atoms in total. The lowest BCUT2D eigenvalue weighted by molar-refractivity contribution is -0.122. The number of carbonyl (C=O) groups excluding carboxylic acids is 2. The summed E-state index contributed by atoms with van der Waals surface area (Å²) < 4.78 is 21.2. The number of anilines is 1. The Kier molecular flexibility index (Phi) is 2.90. The van der Waals surface area contributed by atoms with Crippen LogP contribution in [-0.4, -0.2) is 17.9 Å². The molecule has 19 heavy (non-hydrogen) atoms. The van der Waals surface area contributed by atoms with E-state index in [9.17, 15) is 14.0 Å². The Morgan fingerprint density at radius 3 is 2.95 bits per heavy atom. The highest BCUT2D eigenvalue weighted by molar-refractivity contribution is 8.01. The molecule has 2 aliphatic heterocycles. The number of ether oxygens (including phenoxy) is 1. The van der Waals surface area contributed by atoms with Gasteiger partial charge in [0.1, 0.15) is 11.6 Å². The summed E-state index contributed by atoms with van der Waals surface area (Å²) in [6.45, 7) is 0. The molecule has 3 rings (SSSR count). The minimum absolute atomic E-state index is 0.128. The molecule has 0 aromatic heterocycles. The van der Waals surface area contributed by atoms with Crippen molar-refractivity contribution in [3.05, 3.63) is 35.0 Å². The van der Waals surface area contributed by atoms with Crippen molar-refractivity contribution in [2.24, 2.45) is 0 Å². The molecule has 1 aromatic rings. The third kappa shape index (κ3) is 2.28. The first-order chi connectivity index (χ1) is 9.13. The Bertz CT molecular complexity index is 603. The zero-order chi connectivity index (χ0) is 13.4. The summed E-state index contributed by atoms with van der Waals surface area (Å²) in [4.78, 5) is 23.6. The maximum Gasteiger partial charge on any atom is 0.270 e. The Balaban J connectivity index is 1.89. The molecule has 0 fully saturated rings. The molecule has 1 atom stereocenters. The highest BCUT2D eigenvalue weighted by Crippen LogP contribution is 2.34. The number of amides is 2. The summed E-state index contributed by atoms with van der Waals surface area (Å²) in [5.41, 5.74) is 0.438. The van der Waals surface area contributed by atoms with Crippen molar-refractivity contribution >= 4 is 29.4 Å². The number of rotatable bonds is 1. The van der Waals surface area contributed by atoms with Crippen molar-refractivity contribution in [1.82, 2.24) is 4.72 Å². The van der Waals surface area contributed by atoms with E-state index in [0.717, 1.165) is 11.9 Å². The Morgan fingerprint density at radius 2 is 2.21 bits per heavy atom. The van der Waals surface area contributed by atoms with Gasteiger partial charge in [0, 0.05) is 12.5 Å². The van der Waals surface area contributed by atoms with E-state index in [4.69, 9.17) is 4.74 Å². The fraction of sp³-hybridized carbons (Fsp3) is 0.167. The van der Waals surface area contributed by atoms with Crippen molar-refractivity contribution in [2.75, 3.05) is 5.32 Å². The molecule has 0 saturated heterocycles. The summed E-state index contributed by atoms with van der Waals surface area (Å²) >= 11 is 1.04. The van der Waals surface area contributed by atoms with Crippen LogP contribution in [0.3, 0.4) is 0 Å². The fourth-order valence-corrected chi connectivity index (χ4v) is 2.56. The second-order valence-electron chi connectivity index (χ2n) is 4.07. The van der Waals surface area contributed by atoms with Crippen molar-refractivity contribution in [1.29, 1.82) is 0 Å². The first-order valence-electron chi connectivity index (χ1n) is 5.56. The second-order valence-corrected chi connectivity index (χ2v) is 4.95. The van der Waals surface area contributed by atoms with Crippen LogP contribution >= 0.6 is 11.9 Å². The topological polar surface area (TPSA) is 67.4 Å². The lowest BCUT2D eigenvalue weighted by Gasteiger charge is -2.28. The highest BCUT2D eigenvalue weighted by Gasteiger charge is 2.33. The number of halogens is 1. The lowest BCUT2D eigenvalue weighted by atomic mass is 10.2. The Hall–Kier alpha value is -2.02. The van der Waals surface area contributed by atoms with Gasteiger partial charge in [0.2, 0.25) is 12.0 Å². The van der Waals surface area contributed by atoms with E-state index in [-0.39, 0.29) is 24.0 Å². The molecule has 98 valence electrons. The van der Waals surface area contributed by atoms with E-state index in [1.165, 1.54) is 18.2 Å². The quantitative estimate of drug-likeness (QED) is 0.766. The predicted molar refractivity (Wildman–Crippen MR) is 67.9 cm³/mol. The number of hydrogen-bond donors (Lipinski definition) is 2. The molecule has 2 heterocycles. The van der Waals surface area contributed by atoms with E-state index >= 15 is 0 Å². The maximum absolute atomic E-state index is 13.1. The normalized spacial score (nSPS) is 21.7. The molecule has 7 heteroatoms. The van der Waals surface area contributed by atoms with Gasteiger partial charge in [-0.05, 0) is 24.1 Å². The van der Waals surface area contributed by atoms with Crippen LogP contribution in [0.5, 0.6) is 5.75 Å². The van der Waals surface area contributed by atoms with E-state index < -0.39 is 11.9 Å². The van der Waals surface area contributed by atoms with Crippen molar-refractivity contribution < 1.29 is 18.7 Å². The summed E-state index contributed by atoms with van der Waals surface area (Å²) in [7, 11) is 0. The largest absolute Gasteiger partial charge is 0.473 e. The van der Waals surface area contributed by atoms with Gasteiger partial charge in [0.15, 0.2) is 0 Å². The maximum atomic E-state index is 13.1. The zero-order valence-electron chi connectivity index (χ0n) is 9.60. The number of fused-ring (bicyclic) bond motifs is 1. The minimum atomic E-state index is -0.861. The van der Waals surface area contributed by atoms with Crippen molar-refractivity contribution in [2.45, 2.75) is 12.5 Å². The number of carbonyl (C=O) groups is 2. The van der Waals surface area contributed by atoms with Gasteiger partial charge in [-0.25, -0.2) is 4.39 Å². The van der Waals surface area contributed by atoms with Gasteiger partial charge >= 0.3 is 0 Å². The monoisotopic (exact) mass is 280 g/mol. The van der Waals surface area contributed by atoms with E-state index in [1.807, 2.05) is 0 Å². The molecule has 1 aromatic carbocycles. The van der Waals surface area contributed by atoms with Crippen LogP contribution in [0, 0.1) is 5.82 Å². The van der Waals surface area contributed by atoms with Crippen LogP contribution in [-0.2, 0) is 9.59 Å². The second kappa shape index (κ2) is 4.58. The van der Waals surface area contributed by atoms with Gasteiger partial charge in [-0.15, -0.1) is 0 Å². The van der Waals surface area contributed by atoms with Crippen LogP contribution in [0.15, 0.2) is 29.2 Å². The zero-order valence-corrected chi connectivity index (χ0v) is 10.4. The number of hydrogen-bond acceptors (Lipinski definition) is 4. The standard InChI is InChI=1S/C12H9FN2O3S/c13-6-1-2-7-8(5-6)18-11(12(17)14-7)9-3-4-10(16)15-19-9/h1-3,5,11H,4H2,(H,14,17)(H,15,16). The molecule has 1 unspecified atom stereocenters. The van der Waals surface area contributed by atoms with Gasteiger partial charge < -0.3 is 10.1 Å². The molecule has 2 N–H and O–H groups in total. The van der Waals surface area contributed by atoms with Crippen LogP contribution in [0.2, 0.25) is 0 Å². The SMILES string of the molecule is O=C1CC=C(C2Oc3cc(F)ccc3NC2=O)SN1. The summed E-state index contributed by atoms with van der Waals surface area (Å²) in [5.74, 6) is -0.624. The molecule has 2 aliphatic rings. The Morgan fingerprint density at radius 1 is 1.37 bits per heavy atom. The van der Waals surface area contributed by atoms with Crippen molar-refractivity contribution in [3.63, 3.8) is 0 Å². The number of benzene rings is 1. The van der Waals surface area contributed by atoms with E-state index in [1.54, 1.807) is 6.08 Å². The molecule has 0 saturated carbocycles. The summed E-state index contributed by atoms with van der Waals surface area (Å²) in [6.07, 6.45) is 0.976. The molecular formula is C12H9FN2O3S. The molecule has 0 bridgehead atoms. The fourth-order valence-electron chi connectivity index (χ4n) is 1.82. The Labute approximate surface area is 112 Å². The molecular weight excluding hydrogens is 271 g/mol. The van der Waals surface area contributed by atoms with Gasteiger partial charge in [0.05, 0.1) is 10.6 Å². The lowest BCUT2D eigenvalue weighted by Crippen LogP contribution is -2.39. The van der Waals surface area contributed by atoms with Crippen LogP contribution in [0.1, 0.15) is 6.42 Å². The molecule has 0 radical (unpaired) electrons. The van der Waals surface area contributed by atoms with Crippen LogP contribution < -0.4 is 14.8 Å². The smallest absolute Gasteiger partial charge is 0.270 e. The van der Waals surface area contributed by atoms with Gasteiger partial charge in [-0.2, -0.15) is 0 Å². The van der Waals surface area contributed by atoms with E-state index in [2.05, 4.69) is 10.0 Å². The third-order valence-electron chi connectivity index (χ3n) is 2.71. The molecule has 0 aliphatic carbocycles. The average Bonchev–Trinajstić information content (AvgIpc) is 2.40. The van der Waals surface area contributed by atoms with E-state index in [0.29, 0.717) is 10.6 Å². The average molecular weight is 280 g/mol. The summed E-state index contributed by atoms with van der Waals surface area (Å²) in [6, 6.07) is 3.91. The number of nitrogens with one attached hydrogen (secondary N) is 2. The van der Waals surface area contributed by atoms with Crippen molar-refractivity contribution in [3.8, 4) is 5.75 Å². The summed E-state index contributed by atoms with van der Waals surface area (Å²) in [5, 5.41) is 2.65. The minimum Gasteiger partial charge on any atom is -0.473 e. The van der Waals surface area contributed by atoms with Gasteiger partial charge in [-0.3, -0.25) is 14.3 Å². The predicted octanol–water partition coefficient (Wildman–Crippen LogP) is 1.58. The highest BCUT2D eigenvalue weighted by atomic mass is 32.2. The van der Waals surface area contributed by atoms with Crippen LogP contribution in [0.4, 0.5) is 10.1 Å². The third-order valence-corrected chi connectivity index (χ3v) is 3.66. The van der Waals surface area contributed by atoms with Gasteiger partial charge in [0.25, 0.3) is 5.91 Å². The first-order valence-corrected chi connectivity index (χ1v) is 6.38. The molecule has 0 spiro atoms. The first kappa shape index (κ1) is 12.0. The molecule has 2 amide bonds.